The highest BCUT2D eigenvalue weighted by Gasteiger charge is 2.37. The van der Waals surface area contributed by atoms with E-state index in [1.807, 2.05) is 6.92 Å². The van der Waals surface area contributed by atoms with Crippen molar-refractivity contribution in [3.8, 4) is 0 Å². The maximum absolute atomic E-state index is 12.4. The van der Waals surface area contributed by atoms with Crippen LogP contribution in [0.15, 0.2) is 24.3 Å². The molecule has 1 fully saturated rings. The number of hydrogen-bond donors (Lipinski definition) is 1. The van der Waals surface area contributed by atoms with Gasteiger partial charge in [-0.15, -0.1) is 0 Å². The van der Waals surface area contributed by atoms with Crippen LogP contribution in [0.4, 0.5) is 5.69 Å². The number of non-ortho nitro benzene ring substituents is 1. The Morgan fingerprint density at radius 1 is 1.33 bits per heavy atom. The summed E-state index contributed by atoms with van der Waals surface area (Å²) in [6.07, 6.45) is 1.52. The Labute approximate surface area is 121 Å². The van der Waals surface area contributed by atoms with Gasteiger partial charge in [-0.3, -0.25) is 14.9 Å². The van der Waals surface area contributed by atoms with E-state index in [-0.39, 0.29) is 17.2 Å². The summed E-state index contributed by atoms with van der Waals surface area (Å²) in [5.74, 6) is -1.53. The van der Waals surface area contributed by atoms with Crippen LogP contribution in [0.5, 0.6) is 0 Å². The van der Waals surface area contributed by atoms with Gasteiger partial charge in [0.2, 0.25) is 0 Å². The van der Waals surface area contributed by atoms with Crippen LogP contribution < -0.4 is 0 Å². The second-order valence-corrected chi connectivity index (χ2v) is 5.21. The minimum absolute atomic E-state index is 0.103. The smallest absolute Gasteiger partial charge is 0.326 e. The number of carbonyl (C=O) groups is 2. The average Bonchev–Trinajstić information content (AvgIpc) is 2.46. The van der Waals surface area contributed by atoms with Crippen molar-refractivity contribution in [1.29, 1.82) is 0 Å². The van der Waals surface area contributed by atoms with Gasteiger partial charge in [-0.1, -0.05) is 6.92 Å². The Bertz CT molecular complexity index is 569. The standard InChI is InChI=1S/C14H16N2O5/c1-9-3-2-8-15(12(9)14(18)19)13(17)10-4-6-11(7-5-10)16(20)21/h4-7,9,12H,2-3,8H2,1H3,(H,18,19). The molecule has 112 valence electrons. The minimum Gasteiger partial charge on any atom is -0.480 e. The molecular formula is C14H16N2O5. The van der Waals surface area contributed by atoms with Gasteiger partial charge < -0.3 is 10.0 Å². The molecule has 1 aliphatic rings. The normalized spacial score (nSPS) is 21.9. The zero-order chi connectivity index (χ0) is 15.6. The van der Waals surface area contributed by atoms with Gasteiger partial charge in [0.05, 0.1) is 4.92 Å². The summed E-state index contributed by atoms with van der Waals surface area (Å²) in [6, 6.07) is 4.37. The molecule has 0 aromatic heterocycles. The zero-order valence-corrected chi connectivity index (χ0v) is 11.6. The fourth-order valence-electron chi connectivity index (χ4n) is 2.68. The number of nitrogens with zero attached hydrogens (tertiary/aromatic N) is 2. The zero-order valence-electron chi connectivity index (χ0n) is 11.6. The SMILES string of the molecule is CC1CCCN(C(=O)c2ccc([N+](=O)[O-])cc2)C1C(=O)O. The van der Waals surface area contributed by atoms with Gasteiger partial charge in [0.15, 0.2) is 0 Å². The number of nitro benzene ring substituents is 1. The van der Waals surface area contributed by atoms with Crippen LogP contribution in [-0.4, -0.2) is 39.4 Å². The molecule has 1 aliphatic heterocycles. The van der Waals surface area contributed by atoms with Crippen molar-refractivity contribution in [1.82, 2.24) is 4.90 Å². The van der Waals surface area contributed by atoms with Crippen LogP contribution in [0, 0.1) is 16.0 Å². The first kappa shape index (κ1) is 15.0. The Morgan fingerprint density at radius 2 is 1.95 bits per heavy atom. The summed E-state index contributed by atoms with van der Waals surface area (Å²) in [7, 11) is 0. The van der Waals surface area contributed by atoms with Crippen molar-refractivity contribution in [2.24, 2.45) is 5.92 Å². The molecule has 7 heteroatoms. The lowest BCUT2D eigenvalue weighted by atomic mass is 9.90. The van der Waals surface area contributed by atoms with Crippen LogP contribution in [0.2, 0.25) is 0 Å². The summed E-state index contributed by atoms with van der Waals surface area (Å²) in [4.78, 5) is 35.2. The second-order valence-electron chi connectivity index (χ2n) is 5.21. The lowest BCUT2D eigenvalue weighted by Gasteiger charge is -2.37. The van der Waals surface area contributed by atoms with Crippen LogP contribution >= 0.6 is 0 Å². The van der Waals surface area contributed by atoms with Crippen LogP contribution in [0.1, 0.15) is 30.1 Å². The molecule has 2 rings (SSSR count). The number of carbonyl (C=O) groups excluding carboxylic acids is 1. The van der Waals surface area contributed by atoms with Gasteiger partial charge >= 0.3 is 5.97 Å². The highest BCUT2D eigenvalue weighted by molar-refractivity contribution is 5.97. The van der Waals surface area contributed by atoms with Gasteiger partial charge in [-0.25, -0.2) is 4.79 Å². The van der Waals surface area contributed by atoms with Gasteiger partial charge in [0.25, 0.3) is 11.6 Å². The van der Waals surface area contributed by atoms with E-state index >= 15 is 0 Å². The number of benzene rings is 1. The average molecular weight is 292 g/mol. The molecule has 21 heavy (non-hydrogen) atoms. The number of carboxylic acids is 1. The predicted octanol–water partition coefficient (Wildman–Crippen LogP) is 1.92. The number of amides is 1. The number of carboxylic acid groups (broad SMARTS) is 1. The third kappa shape index (κ3) is 3.01. The molecule has 2 unspecified atom stereocenters. The molecule has 0 spiro atoms. The monoisotopic (exact) mass is 292 g/mol. The van der Waals surface area contributed by atoms with Crippen molar-refractivity contribution in [3.63, 3.8) is 0 Å². The molecule has 1 aromatic rings. The third-order valence-electron chi connectivity index (χ3n) is 3.77. The summed E-state index contributed by atoms with van der Waals surface area (Å²) in [5.41, 5.74) is 0.161. The van der Waals surface area contributed by atoms with Crippen molar-refractivity contribution in [2.75, 3.05) is 6.54 Å². The second kappa shape index (κ2) is 5.90. The topological polar surface area (TPSA) is 101 Å². The minimum atomic E-state index is -1.02. The Kier molecular flexibility index (Phi) is 4.21. The summed E-state index contributed by atoms with van der Waals surface area (Å²) in [5, 5.41) is 19.9. The number of rotatable bonds is 3. The first-order chi connectivity index (χ1) is 9.91. The fourth-order valence-corrected chi connectivity index (χ4v) is 2.68. The highest BCUT2D eigenvalue weighted by Crippen LogP contribution is 2.25. The molecular weight excluding hydrogens is 276 g/mol. The molecule has 0 saturated carbocycles. The largest absolute Gasteiger partial charge is 0.480 e. The van der Waals surface area contributed by atoms with Crippen molar-refractivity contribution >= 4 is 17.6 Å². The molecule has 0 aliphatic carbocycles. The van der Waals surface area contributed by atoms with Gasteiger partial charge in [0, 0.05) is 24.2 Å². The van der Waals surface area contributed by atoms with E-state index in [4.69, 9.17) is 0 Å². The van der Waals surface area contributed by atoms with Crippen LogP contribution in [0.25, 0.3) is 0 Å². The molecule has 1 heterocycles. The molecule has 0 radical (unpaired) electrons. The van der Waals surface area contributed by atoms with Gasteiger partial charge in [-0.2, -0.15) is 0 Å². The summed E-state index contributed by atoms with van der Waals surface area (Å²) >= 11 is 0. The number of nitro groups is 1. The molecule has 1 N–H and O–H groups in total. The Hall–Kier alpha value is -2.44. The van der Waals surface area contributed by atoms with Crippen LogP contribution in [0.3, 0.4) is 0 Å². The van der Waals surface area contributed by atoms with E-state index < -0.39 is 22.8 Å². The van der Waals surface area contributed by atoms with Crippen molar-refractivity contribution in [3.05, 3.63) is 39.9 Å². The van der Waals surface area contributed by atoms with E-state index in [1.165, 1.54) is 29.2 Å². The quantitative estimate of drug-likeness (QED) is 0.677. The molecule has 1 saturated heterocycles. The van der Waals surface area contributed by atoms with Gasteiger partial charge in [-0.05, 0) is 30.9 Å². The van der Waals surface area contributed by atoms with E-state index in [2.05, 4.69) is 0 Å². The lowest BCUT2D eigenvalue weighted by Crippen LogP contribution is -2.51. The molecule has 7 nitrogen and oxygen atoms in total. The lowest BCUT2D eigenvalue weighted by molar-refractivity contribution is -0.384. The predicted molar refractivity (Wildman–Crippen MR) is 74.0 cm³/mol. The number of aliphatic carboxylic acids is 1. The van der Waals surface area contributed by atoms with E-state index in [0.29, 0.717) is 6.54 Å². The molecule has 1 amide bonds. The number of likely N-dealkylation sites (tertiary alicyclic amines) is 1. The fraction of sp³-hybridized carbons (Fsp3) is 0.429. The van der Waals surface area contributed by atoms with Crippen LogP contribution in [-0.2, 0) is 4.79 Å². The maximum Gasteiger partial charge on any atom is 0.326 e. The summed E-state index contributed by atoms with van der Waals surface area (Å²) in [6.45, 7) is 2.20. The summed E-state index contributed by atoms with van der Waals surface area (Å²) < 4.78 is 0. The van der Waals surface area contributed by atoms with E-state index in [1.54, 1.807) is 0 Å². The van der Waals surface area contributed by atoms with E-state index in [9.17, 15) is 24.8 Å². The van der Waals surface area contributed by atoms with Crippen molar-refractivity contribution < 1.29 is 19.6 Å². The number of hydrogen-bond acceptors (Lipinski definition) is 4. The molecule has 1 aromatic carbocycles. The first-order valence-electron chi connectivity index (χ1n) is 6.70. The van der Waals surface area contributed by atoms with Crippen molar-refractivity contribution in [2.45, 2.75) is 25.8 Å². The molecule has 2 atom stereocenters. The highest BCUT2D eigenvalue weighted by atomic mass is 16.6. The Morgan fingerprint density at radius 3 is 2.48 bits per heavy atom. The molecule has 0 bridgehead atoms. The Balaban J connectivity index is 2.24. The third-order valence-corrected chi connectivity index (χ3v) is 3.77. The number of piperidine rings is 1. The van der Waals surface area contributed by atoms with Gasteiger partial charge in [0.1, 0.15) is 6.04 Å². The maximum atomic E-state index is 12.4. The first-order valence-corrected chi connectivity index (χ1v) is 6.70. The van der Waals surface area contributed by atoms with E-state index in [0.717, 1.165) is 12.8 Å².